The van der Waals surface area contributed by atoms with Gasteiger partial charge in [-0.15, -0.1) is 0 Å². The first-order valence-corrected chi connectivity index (χ1v) is 15.0. The van der Waals surface area contributed by atoms with Crippen LogP contribution in [0.4, 0.5) is 5.95 Å². The Kier molecular flexibility index (Phi) is 9.15. The van der Waals surface area contributed by atoms with Crippen molar-refractivity contribution < 1.29 is 14.6 Å². The molecular weight excluding hydrogens is 540 g/mol. The number of methoxy groups -OCH3 is 1. The molecule has 228 valence electrons. The molecule has 1 saturated heterocycles. The lowest BCUT2D eigenvalue weighted by molar-refractivity contribution is 0.0630. The molecule has 43 heavy (non-hydrogen) atoms. The first-order chi connectivity index (χ1) is 20.5. The van der Waals surface area contributed by atoms with E-state index < -0.39 is 5.60 Å². The van der Waals surface area contributed by atoms with E-state index in [4.69, 9.17) is 9.72 Å². The Labute approximate surface area is 254 Å². The molecule has 9 heteroatoms. The minimum Gasteiger partial charge on any atom is -0.496 e. The summed E-state index contributed by atoms with van der Waals surface area (Å²) in [5.74, 6) is 1.27. The molecule has 2 aromatic carbocycles. The van der Waals surface area contributed by atoms with Crippen LogP contribution >= 0.6 is 0 Å². The third kappa shape index (κ3) is 7.41. The number of nitrogens with zero attached hydrogens (tertiary/aromatic N) is 5. The van der Waals surface area contributed by atoms with Crippen molar-refractivity contribution in [1.29, 1.82) is 0 Å². The van der Waals surface area contributed by atoms with Crippen molar-refractivity contribution in [1.82, 2.24) is 24.3 Å². The van der Waals surface area contributed by atoms with Gasteiger partial charge in [-0.3, -0.25) is 15.1 Å². The number of piperidine rings is 1. The van der Waals surface area contributed by atoms with Crippen molar-refractivity contribution in [2.24, 2.45) is 0 Å². The summed E-state index contributed by atoms with van der Waals surface area (Å²) in [6, 6.07) is 17.6. The van der Waals surface area contributed by atoms with Gasteiger partial charge in [0.25, 0.3) is 5.91 Å². The summed E-state index contributed by atoms with van der Waals surface area (Å²) in [5.41, 5.74) is 4.62. The number of benzene rings is 2. The van der Waals surface area contributed by atoms with Gasteiger partial charge in [-0.25, -0.2) is 4.98 Å². The first kappa shape index (κ1) is 30.7. The number of aryl methyl sites for hydroxylation is 1. The number of likely N-dealkylation sites (N-methyl/N-ethyl adjacent to an activating group) is 1. The summed E-state index contributed by atoms with van der Waals surface area (Å²) >= 11 is 0. The number of hydrogen-bond donors (Lipinski definition) is 2. The molecule has 5 rings (SSSR count). The fraction of sp³-hybridized carbons (Fsp3) is 0.441. The van der Waals surface area contributed by atoms with Crippen molar-refractivity contribution in [3.05, 3.63) is 71.4 Å². The number of para-hydroxylation sites is 1. The van der Waals surface area contributed by atoms with Crippen molar-refractivity contribution in [2.45, 2.75) is 51.7 Å². The van der Waals surface area contributed by atoms with Gasteiger partial charge in [-0.2, -0.15) is 0 Å². The van der Waals surface area contributed by atoms with E-state index in [1.54, 1.807) is 33.1 Å². The van der Waals surface area contributed by atoms with Crippen LogP contribution in [0.2, 0.25) is 0 Å². The third-order valence-electron chi connectivity index (χ3n) is 8.06. The fourth-order valence-corrected chi connectivity index (χ4v) is 5.84. The quantitative estimate of drug-likeness (QED) is 0.265. The molecule has 4 aromatic rings. The van der Waals surface area contributed by atoms with E-state index in [0.29, 0.717) is 28.9 Å². The number of ether oxygens (including phenoxy) is 1. The standard InChI is InChI=1S/C34H44N6O3/c1-23-19-26(20-29(35-23)27-9-7-8-10-31(27)43-6)32(41)37-33-36-28-12-11-25(21-30(28)40(33)22-34(2,3)42)24-13-15-39(16-14-24)18-17-38(4)5/h7-12,19-21,24,42H,13-18,22H2,1-6H3,(H,36,37,41). The van der Waals surface area contributed by atoms with Crippen LogP contribution in [0.1, 0.15) is 54.2 Å². The van der Waals surface area contributed by atoms with Crippen LogP contribution in [0.25, 0.3) is 22.3 Å². The summed E-state index contributed by atoms with van der Waals surface area (Å²) in [6.45, 7) is 10.0. The highest BCUT2D eigenvalue weighted by Gasteiger charge is 2.24. The number of carbonyl (C=O) groups excluding carboxylic acids is 1. The van der Waals surface area contributed by atoms with Crippen LogP contribution in [0.5, 0.6) is 5.75 Å². The molecule has 1 aliphatic heterocycles. The highest BCUT2D eigenvalue weighted by molar-refractivity contribution is 6.04. The molecule has 0 spiro atoms. The van der Waals surface area contributed by atoms with Gasteiger partial charge < -0.3 is 24.2 Å². The summed E-state index contributed by atoms with van der Waals surface area (Å²) in [7, 11) is 5.86. The zero-order valence-corrected chi connectivity index (χ0v) is 26.2. The van der Waals surface area contributed by atoms with Crippen LogP contribution < -0.4 is 10.1 Å². The Morgan fingerprint density at radius 3 is 2.53 bits per heavy atom. The van der Waals surface area contributed by atoms with Crippen LogP contribution in [-0.2, 0) is 6.54 Å². The molecule has 0 unspecified atom stereocenters. The number of rotatable bonds is 10. The lowest BCUT2D eigenvalue weighted by Crippen LogP contribution is -2.37. The number of carbonyl (C=O) groups is 1. The maximum Gasteiger partial charge on any atom is 0.258 e. The number of hydrogen-bond acceptors (Lipinski definition) is 7. The number of anilines is 1. The number of aromatic nitrogens is 3. The van der Waals surface area contributed by atoms with Crippen LogP contribution in [0.15, 0.2) is 54.6 Å². The lowest BCUT2D eigenvalue weighted by Gasteiger charge is -2.32. The molecule has 0 saturated carbocycles. The van der Waals surface area contributed by atoms with Gasteiger partial charge in [0.1, 0.15) is 5.75 Å². The highest BCUT2D eigenvalue weighted by Crippen LogP contribution is 2.33. The average molecular weight is 585 g/mol. The minimum atomic E-state index is -1.01. The van der Waals surface area contributed by atoms with Gasteiger partial charge in [-0.1, -0.05) is 18.2 Å². The Hall–Kier alpha value is -3.79. The second kappa shape index (κ2) is 12.8. The van der Waals surface area contributed by atoms with Crippen LogP contribution in [0, 0.1) is 6.92 Å². The zero-order chi connectivity index (χ0) is 30.7. The predicted molar refractivity (Wildman–Crippen MR) is 172 cm³/mol. The molecule has 0 radical (unpaired) electrons. The molecule has 1 amide bonds. The lowest BCUT2D eigenvalue weighted by atomic mass is 9.89. The van der Waals surface area contributed by atoms with E-state index in [2.05, 4.69) is 46.3 Å². The number of aliphatic hydroxyl groups is 1. The van der Waals surface area contributed by atoms with Crippen LogP contribution in [0.3, 0.4) is 0 Å². The van der Waals surface area contributed by atoms with E-state index in [1.807, 2.05) is 41.8 Å². The van der Waals surface area contributed by atoms with Gasteiger partial charge in [-0.05, 0) is 109 Å². The van der Waals surface area contributed by atoms with Crippen molar-refractivity contribution >= 4 is 22.9 Å². The van der Waals surface area contributed by atoms with E-state index in [0.717, 1.165) is 61.3 Å². The van der Waals surface area contributed by atoms with Gasteiger partial charge >= 0.3 is 0 Å². The summed E-state index contributed by atoms with van der Waals surface area (Å²) in [6.07, 6.45) is 2.22. The second-order valence-corrected chi connectivity index (χ2v) is 12.5. The smallest absolute Gasteiger partial charge is 0.258 e. The number of nitrogens with one attached hydrogen (secondary N) is 1. The number of amides is 1. The van der Waals surface area contributed by atoms with E-state index in [9.17, 15) is 9.90 Å². The van der Waals surface area contributed by atoms with Crippen molar-refractivity contribution in [2.75, 3.05) is 52.7 Å². The highest BCUT2D eigenvalue weighted by atomic mass is 16.5. The maximum atomic E-state index is 13.6. The number of likely N-dealkylation sites (tertiary alicyclic amines) is 1. The SMILES string of the molecule is COc1ccccc1-c1cc(C(=O)Nc2nc3ccc(C4CCN(CCN(C)C)CC4)cc3n2CC(C)(C)O)cc(C)n1. The second-order valence-electron chi connectivity index (χ2n) is 12.5. The maximum absolute atomic E-state index is 13.6. The minimum absolute atomic E-state index is 0.285. The van der Waals surface area contributed by atoms with E-state index >= 15 is 0 Å². The van der Waals surface area contributed by atoms with Gasteiger partial charge in [0.05, 0.1) is 36.0 Å². The molecule has 0 bridgehead atoms. The van der Waals surface area contributed by atoms with Crippen LogP contribution in [-0.4, -0.2) is 88.3 Å². The van der Waals surface area contributed by atoms with E-state index in [-0.39, 0.29) is 12.5 Å². The van der Waals surface area contributed by atoms with E-state index in [1.165, 1.54) is 5.56 Å². The Morgan fingerprint density at radius 2 is 1.84 bits per heavy atom. The van der Waals surface area contributed by atoms with Gasteiger partial charge in [0.2, 0.25) is 5.95 Å². The fourth-order valence-electron chi connectivity index (χ4n) is 5.84. The normalized spacial score (nSPS) is 14.9. The topological polar surface area (TPSA) is 95.8 Å². The summed E-state index contributed by atoms with van der Waals surface area (Å²) < 4.78 is 7.46. The number of fused-ring (bicyclic) bond motifs is 1. The number of pyridine rings is 1. The third-order valence-corrected chi connectivity index (χ3v) is 8.06. The molecule has 9 nitrogen and oxygen atoms in total. The van der Waals surface area contributed by atoms with Gasteiger partial charge in [0.15, 0.2) is 0 Å². The predicted octanol–water partition coefficient (Wildman–Crippen LogP) is 5.18. The first-order valence-electron chi connectivity index (χ1n) is 15.0. The molecule has 2 N–H and O–H groups in total. The molecule has 0 aliphatic carbocycles. The molecule has 2 aromatic heterocycles. The Bertz CT molecular complexity index is 1580. The average Bonchev–Trinajstić information content (AvgIpc) is 3.30. The molecule has 1 aliphatic rings. The van der Waals surface area contributed by atoms with Crippen molar-refractivity contribution in [3.63, 3.8) is 0 Å². The van der Waals surface area contributed by atoms with Gasteiger partial charge in [0, 0.05) is 29.9 Å². The molecular formula is C34H44N6O3. The summed E-state index contributed by atoms with van der Waals surface area (Å²) in [4.78, 5) is 27.9. The molecule has 3 heterocycles. The Morgan fingerprint density at radius 1 is 1.09 bits per heavy atom. The Balaban J connectivity index is 1.42. The molecule has 1 fully saturated rings. The summed E-state index contributed by atoms with van der Waals surface area (Å²) in [5, 5.41) is 13.9. The zero-order valence-electron chi connectivity index (χ0n) is 26.2. The monoisotopic (exact) mass is 584 g/mol. The van der Waals surface area contributed by atoms with Crippen molar-refractivity contribution in [3.8, 4) is 17.0 Å². The largest absolute Gasteiger partial charge is 0.496 e. The molecule has 0 atom stereocenters. The number of imidazole rings is 1.